The van der Waals surface area contributed by atoms with Crippen molar-refractivity contribution in [1.29, 1.82) is 0 Å². The first-order chi connectivity index (χ1) is 1.00. The minimum absolute atomic E-state index is 0. The molecule has 1 radical (unpaired) electrons. The van der Waals surface area contributed by atoms with Gasteiger partial charge in [0, 0.05) is 38.0 Å². The van der Waals surface area contributed by atoms with Crippen molar-refractivity contribution in [3.63, 3.8) is 0 Å². The van der Waals surface area contributed by atoms with E-state index in [-0.39, 0.29) is 38.0 Å². The van der Waals surface area contributed by atoms with Crippen molar-refractivity contribution in [3.05, 3.63) is 0 Å². The third-order valence-electron chi connectivity index (χ3n) is 0. The van der Waals surface area contributed by atoms with Crippen LogP contribution >= 0.6 is 9.47 Å². The van der Waals surface area contributed by atoms with Gasteiger partial charge in [-0.15, -0.1) is 0 Å². The molecule has 1 unspecified atom stereocenters. The Morgan fingerprint density at radius 1 is 1.25 bits per heavy atom. The molecule has 0 aromatic rings. The van der Waals surface area contributed by atoms with Crippen molar-refractivity contribution in [3.8, 4) is 0 Å². The van der Waals surface area contributed by atoms with Gasteiger partial charge in [0.15, 0.2) is 0 Å². The molecule has 0 aliphatic heterocycles. The van der Waals surface area contributed by atoms with Crippen LogP contribution in [0, 0.1) is 0 Å². The second-order valence-corrected chi connectivity index (χ2v) is 0. The Morgan fingerprint density at radius 2 is 1.25 bits per heavy atom. The number of hydrogen-bond donors (Lipinski definition) is 1. The quantitative estimate of drug-likeness (QED) is 0.389. The van der Waals surface area contributed by atoms with Crippen molar-refractivity contribution >= 4 is 9.47 Å². The molecule has 0 aliphatic carbocycles. The van der Waals surface area contributed by atoms with E-state index in [0.717, 1.165) is 0 Å². The summed E-state index contributed by atoms with van der Waals surface area (Å²) < 4.78 is 0. The Kier molecular flexibility index (Phi) is 102. The predicted molar refractivity (Wildman–Crippen MR) is 11.9 cm³/mol. The maximum absolute atomic E-state index is 6.92. The first-order valence-electron chi connectivity index (χ1n) is 0.258. The Balaban J connectivity index is -0.00000000500. The van der Waals surface area contributed by atoms with Crippen LogP contribution in [0.3, 0.4) is 0 Å². The maximum atomic E-state index is 6.92. The van der Waals surface area contributed by atoms with Crippen LogP contribution in [0.2, 0.25) is 0 Å². The zero-order valence-corrected chi connectivity index (χ0v) is 7.70. The second kappa shape index (κ2) is 23.3. The zero-order valence-electron chi connectivity index (χ0n) is 2.18. The molecule has 1 nitrogen and oxygen atoms in total. The van der Waals surface area contributed by atoms with E-state index in [4.69, 9.17) is 4.89 Å². The van der Waals surface area contributed by atoms with Crippen LogP contribution in [-0.2, 0) is 38.0 Å². The number of hydrogen-bond acceptors (Lipinski definition) is 1. The maximum Gasteiger partial charge on any atom is 0 e. The molecule has 0 rings (SSSR count). The third kappa shape index (κ3) is 9.51. The Labute approximate surface area is 52.5 Å². The van der Waals surface area contributed by atoms with E-state index in [1.165, 1.54) is 9.47 Å². The fourth-order valence-electron chi connectivity index (χ4n) is 0. The summed E-state index contributed by atoms with van der Waals surface area (Å²) in [5.41, 5.74) is 0. The zero-order chi connectivity index (χ0) is 2.00. The van der Waals surface area contributed by atoms with E-state index in [2.05, 4.69) is 0 Å². The molecule has 0 saturated carbocycles. The Hall–Kier alpha value is 1.60. The summed E-state index contributed by atoms with van der Waals surface area (Å²) in [7, 11) is 1.42. The average molecular weight is 166 g/mol. The van der Waals surface area contributed by atoms with Gasteiger partial charge in [-0.05, 0) is 9.47 Å². The minimum Gasteiger partial charge on any atom is -0.380 e. The van der Waals surface area contributed by atoms with Crippen LogP contribution in [0.1, 0.15) is 0 Å². The van der Waals surface area contributed by atoms with Gasteiger partial charge in [0.25, 0.3) is 0 Å². The molecule has 0 aliphatic rings. The summed E-state index contributed by atoms with van der Waals surface area (Å²) in [6.45, 7) is 0. The molecular weight excluding hydrogens is 163 g/mol. The first-order valence-corrected chi connectivity index (χ1v) is 0.775. The third-order valence-corrected chi connectivity index (χ3v) is 0. The molecule has 1 N–H and O–H groups in total. The van der Waals surface area contributed by atoms with Gasteiger partial charge in [0.05, 0.1) is 0 Å². The van der Waals surface area contributed by atoms with Crippen molar-refractivity contribution in [2.24, 2.45) is 0 Å². The van der Waals surface area contributed by atoms with Crippen LogP contribution in [0.5, 0.6) is 0 Å². The van der Waals surface area contributed by atoms with Crippen LogP contribution < -0.4 is 0 Å². The van der Waals surface area contributed by atoms with Crippen LogP contribution in [0.4, 0.5) is 0 Å². The van der Waals surface area contributed by atoms with Crippen molar-refractivity contribution in [1.82, 2.24) is 0 Å². The summed E-state index contributed by atoms with van der Waals surface area (Å²) >= 11 is 0. The van der Waals surface area contributed by atoms with Gasteiger partial charge in [-0.25, -0.2) is 0 Å². The van der Waals surface area contributed by atoms with E-state index >= 15 is 0 Å². The topological polar surface area (TPSA) is 20.2 Å². The summed E-state index contributed by atoms with van der Waals surface area (Å²) in [5, 5.41) is 0. The smallest absolute Gasteiger partial charge is 0 e. The molecule has 0 aromatic heterocycles. The van der Waals surface area contributed by atoms with Crippen molar-refractivity contribution < 1.29 is 42.9 Å². The fraction of sp³-hybridized carbons (Fsp3) is 0. The summed E-state index contributed by atoms with van der Waals surface area (Å²) in [5.74, 6) is 0. The van der Waals surface area contributed by atoms with Crippen molar-refractivity contribution in [2.75, 3.05) is 0 Å². The summed E-state index contributed by atoms with van der Waals surface area (Å²) in [4.78, 5) is 6.92. The Bertz CT molecular complexity index is 8.00. The van der Waals surface area contributed by atoms with Crippen LogP contribution in [-0.4, -0.2) is 4.89 Å². The molecule has 0 spiro atoms. The minimum atomic E-state index is 0. The van der Waals surface area contributed by atoms with Crippen molar-refractivity contribution in [2.45, 2.75) is 0 Å². The summed E-state index contributed by atoms with van der Waals surface area (Å²) in [6.07, 6.45) is 0. The monoisotopic (exact) mass is 165 g/mol. The Morgan fingerprint density at radius 3 is 1.25 bits per heavy atom. The molecule has 1 atom stereocenters. The molecule has 21 valence electrons. The molecular formula is H3OPVZn. The van der Waals surface area contributed by atoms with Crippen LogP contribution in [0.25, 0.3) is 0 Å². The molecule has 0 aromatic carbocycles. The van der Waals surface area contributed by atoms with Gasteiger partial charge in [-0.3, -0.25) is 0 Å². The molecule has 4 heavy (non-hydrogen) atoms. The number of rotatable bonds is 0. The first kappa shape index (κ1) is 17.5. The largest absolute Gasteiger partial charge is 0.380 e. The van der Waals surface area contributed by atoms with E-state index in [9.17, 15) is 0 Å². The normalized spacial score (nSPS) is 1.50. The van der Waals surface area contributed by atoms with E-state index < -0.39 is 0 Å². The molecule has 4 heteroatoms. The molecule has 0 heterocycles. The van der Waals surface area contributed by atoms with Gasteiger partial charge >= 0.3 is 0 Å². The average Bonchev–Trinajstić information content (AvgIpc) is 1.00. The standard InChI is InChI=1S/H3OP.V.Zn/c1-2;;/h1H,2H2;;. The fourth-order valence-corrected chi connectivity index (χ4v) is 0. The predicted octanol–water partition coefficient (Wildman–Crippen LogP) is -0.236. The molecule has 0 amide bonds. The van der Waals surface area contributed by atoms with Gasteiger partial charge in [0.2, 0.25) is 0 Å². The van der Waals surface area contributed by atoms with Gasteiger partial charge in [-0.1, -0.05) is 0 Å². The molecule has 0 saturated heterocycles. The van der Waals surface area contributed by atoms with Gasteiger partial charge in [-0.2, -0.15) is 0 Å². The van der Waals surface area contributed by atoms with Crippen LogP contribution in [0.15, 0.2) is 0 Å². The summed E-state index contributed by atoms with van der Waals surface area (Å²) in [6, 6.07) is 0. The SMILES string of the molecule is OP.[V].[Zn]. The second-order valence-electron chi connectivity index (χ2n) is 0. The van der Waals surface area contributed by atoms with E-state index in [1.807, 2.05) is 0 Å². The molecule has 0 fully saturated rings. The van der Waals surface area contributed by atoms with Gasteiger partial charge in [0.1, 0.15) is 0 Å². The van der Waals surface area contributed by atoms with Gasteiger partial charge < -0.3 is 4.89 Å². The van der Waals surface area contributed by atoms with E-state index in [0.29, 0.717) is 0 Å². The van der Waals surface area contributed by atoms with E-state index in [1.54, 1.807) is 0 Å². The molecule has 0 bridgehead atoms.